The van der Waals surface area contributed by atoms with Gasteiger partial charge in [0.1, 0.15) is 11.6 Å². The number of aromatic nitrogens is 3. The van der Waals surface area contributed by atoms with E-state index in [-0.39, 0.29) is 5.82 Å². The number of fused-ring (bicyclic) bond motifs is 1. The van der Waals surface area contributed by atoms with Gasteiger partial charge >= 0.3 is 0 Å². The van der Waals surface area contributed by atoms with Crippen LogP contribution >= 0.6 is 11.8 Å². The van der Waals surface area contributed by atoms with Crippen LogP contribution in [0.2, 0.25) is 0 Å². The van der Waals surface area contributed by atoms with Crippen LogP contribution in [0.3, 0.4) is 0 Å². The van der Waals surface area contributed by atoms with Gasteiger partial charge in [-0.25, -0.2) is 4.39 Å². The van der Waals surface area contributed by atoms with Gasteiger partial charge in [0.25, 0.3) is 0 Å². The molecule has 0 unspecified atom stereocenters. The zero-order chi connectivity index (χ0) is 14.7. The third kappa shape index (κ3) is 3.08. The number of hydrogen-bond donors (Lipinski definition) is 0. The van der Waals surface area contributed by atoms with E-state index in [1.165, 1.54) is 24.2 Å². The van der Waals surface area contributed by atoms with Crippen LogP contribution in [0.25, 0.3) is 0 Å². The Morgan fingerprint density at radius 1 is 1.29 bits per heavy atom. The molecule has 1 aliphatic heterocycles. The number of hydrogen-bond acceptors (Lipinski definition) is 4. The average Bonchev–Trinajstić information content (AvgIpc) is 2.73. The van der Waals surface area contributed by atoms with Crippen LogP contribution in [0, 0.1) is 17.1 Å². The first-order valence-corrected chi connectivity index (χ1v) is 8.00. The van der Waals surface area contributed by atoms with E-state index in [1.54, 1.807) is 12.1 Å². The standard InChI is InChI=1S/C15H15FN4S/c16-13-8-11(9-17)5-6-12(13)10-21-15-19-18-14-4-2-1-3-7-20(14)15/h5-6,8H,1-4,7,10H2. The summed E-state index contributed by atoms with van der Waals surface area (Å²) in [7, 11) is 0. The van der Waals surface area contributed by atoms with Crippen LogP contribution < -0.4 is 0 Å². The second-order valence-corrected chi connectivity index (χ2v) is 6.01. The third-order valence-electron chi connectivity index (χ3n) is 3.61. The van der Waals surface area contributed by atoms with Gasteiger partial charge in [-0.15, -0.1) is 10.2 Å². The van der Waals surface area contributed by atoms with Crippen LogP contribution in [0.15, 0.2) is 23.4 Å². The van der Waals surface area contributed by atoms with Gasteiger partial charge in [0.05, 0.1) is 11.6 Å². The fraction of sp³-hybridized carbons (Fsp3) is 0.400. The number of halogens is 1. The molecule has 0 spiro atoms. The summed E-state index contributed by atoms with van der Waals surface area (Å²) in [6.45, 7) is 0.945. The van der Waals surface area contributed by atoms with Gasteiger partial charge in [-0.05, 0) is 30.5 Å². The maximum absolute atomic E-state index is 13.9. The summed E-state index contributed by atoms with van der Waals surface area (Å²) in [5.74, 6) is 1.20. The molecule has 1 aromatic carbocycles. The first kappa shape index (κ1) is 14.1. The molecule has 0 bridgehead atoms. The van der Waals surface area contributed by atoms with Crippen molar-refractivity contribution >= 4 is 11.8 Å². The Bertz CT molecular complexity index is 689. The first-order valence-electron chi connectivity index (χ1n) is 7.01. The molecule has 0 saturated heterocycles. The molecule has 0 amide bonds. The van der Waals surface area contributed by atoms with Gasteiger partial charge in [0, 0.05) is 18.7 Å². The van der Waals surface area contributed by atoms with E-state index in [0.29, 0.717) is 16.9 Å². The lowest BCUT2D eigenvalue weighted by Gasteiger charge is -2.07. The fourth-order valence-corrected chi connectivity index (χ4v) is 3.41. The molecule has 0 radical (unpaired) electrons. The highest BCUT2D eigenvalue weighted by Crippen LogP contribution is 2.26. The minimum Gasteiger partial charge on any atom is -0.306 e. The molecule has 0 fully saturated rings. The monoisotopic (exact) mass is 302 g/mol. The van der Waals surface area contributed by atoms with E-state index in [2.05, 4.69) is 14.8 Å². The van der Waals surface area contributed by atoms with Crippen LogP contribution in [-0.4, -0.2) is 14.8 Å². The first-order chi connectivity index (χ1) is 10.3. The molecule has 1 aromatic heterocycles. The van der Waals surface area contributed by atoms with Crippen molar-refractivity contribution < 1.29 is 4.39 Å². The van der Waals surface area contributed by atoms with E-state index in [9.17, 15) is 4.39 Å². The van der Waals surface area contributed by atoms with E-state index >= 15 is 0 Å². The molecule has 2 heterocycles. The summed E-state index contributed by atoms with van der Waals surface area (Å²) in [5.41, 5.74) is 0.933. The number of rotatable bonds is 3. The van der Waals surface area contributed by atoms with Crippen molar-refractivity contribution in [2.75, 3.05) is 0 Å². The van der Waals surface area contributed by atoms with Crippen molar-refractivity contribution in [3.05, 3.63) is 41.0 Å². The Balaban J connectivity index is 1.74. The summed E-state index contributed by atoms with van der Waals surface area (Å²) in [5, 5.41) is 18.1. The van der Waals surface area contributed by atoms with Crippen molar-refractivity contribution in [1.82, 2.24) is 14.8 Å². The second-order valence-electron chi connectivity index (χ2n) is 5.07. The van der Waals surface area contributed by atoms with Gasteiger partial charge in [0.15, 0.2) is 5.16 Å². The zero-order valence-corrected chi connectivity index (χ0v) is 12.4. The zero-order valence-electron chi connectivity index (χ0n) is 11.5. The smallest absolute Gasteiger partial charge is 0.191 e. The molecule has 3 rings (SSSR count). The molecular formula is C15H15FN4S. The minimum absolute atomic E-state index is 0.336. The molecule has 0 saturated carbocycles. The average molecular weight is 302 g/mol. The normalized spacial score (nSPS) is 14.3. The van der Waals surface area contributed by atoms with Gasteiger partial charge < -0.3 is 4.57 Å². The predicted molar refractivity (Wildman–Crippen MR) is 78.3 cm³/mol. The van der Waals surface area contributed by atoms with Crippen molar-refractivity contribution in [3.8, 4) is 6.07 Å². The summed E-state index contributed by atoms with van der Waals surface area (Å²) >= 11 is 1.50. The van der Waals surface area contributed by atoms with Crippen LogP contribution in [-0.2, 0) is 18.7 Å². The predicted octanol–water partition coefficient (Wildman–Crippen LogP) is 3.31. The van der Waals surface area contributed by atoms with E-state index < -0.39 is 0 Å². The minimum atomic E-state index is -0.336. The topological polar surface area (TPSA) is 54.5 Å². The third-order valence-corrected chi connectivity index (χ3v) is 4.63. The van der Waals surface area contributed by atoms with Crippen molar-refractivity contribution in [2.45, 2.75) is 43.1 Å². The Kier molecular flexibility index (Phi) is 4.20. The SMILES string of the molecule is N#Cc1ccc(CSc2nnc3n2CCCCC3)c(F)c1. The Labute approximate surface area is 127 Å². The van der Waals surface area contributed by atoms with Crippen molar-refractivity contribution in [3.63, 3.8) is 0 Å². The van der Waals surface area contributed by atoms with E-state index in [0.717, 1.165) is 36.8 Å². The number of benzene rings is 1. The Morgan fingerprint density at radius 2 is 2.19 bits per heavy atom. The lowest BCUT2D eigenvalue weighted by molar-refractivity contribution is 0.590. The Hall–Kier alpha value is -1.87. The van der Waals surface area contributed by atoms with Gasteiger partial charge in [-0.2, -0.15) is 5.26 Å². The van der Waals surface area contributed by atoms with Gasteiger partial charge in [-0.1, -0.05) is 24.2 Å². The van der Waals surface area contributed by atoms with Crippen LogP contribution in [0.5, 0.6) is 0 Å². The molecule has 0 atom stereocenters. The van der Waals surface area contributed by atoms with E-state index in [1.807, 2.05) is 6.07 Å². The lowest BCUT2D eigenvalue weighted by atomic mass is 10.1. The van der Waals surface area contributed by atoms with Crippen molar-refractivity contribution in [1.29, 1.82) is 5.26 Å². The highest BCUT2D eigenvalue weighted by Gasteiger charge is 2.15. The fourth-order valence-electron chi connectivity index (χ4n) is 2.44. The molecule has 0 N–H and O–H groups in total. The maximum Gasteiger partial charge on any atom is 0.191 e. The molecule has 4 nitrogen and oxygen atoms in total. The highest BCUT2D eigenvalue weighted by atomic mass is 32.2. The molecule has 6 heteroatoms. The second kappa shape index (κ2) is 6.27. The summed E-state index contributed by atoms with van der Waals surface area (Å²) in [6.07, 6.45) is 4.49. The molecule has 2 aromatic rings. The molecule has 21 heavy (non-hydrogen) atoms. The summed E-state index contributed by atoms with van der Waals surface area (Å²) in [6, 6.07) is 6.53. The summed E-state index contributed by atoms with van der Waals surface area (Å²) in [4.78, 5) is 0. The molecule has 1 aliphatic rings. The van der Waals surface area contributed by atoms with Gasteiger partial charge in [-0.3, -0.25) is 0 Å². The largest absolute Gasteiger partial charge is 0.306 e. The molecule has 108 valence electrons. The Morgan fingerprint density at radius 3 is 3.00 bits per heavy atom. The van der Waals surface area contributed by atoms with Gasteiger partial charge in [0.2, 0.25) is 0 Å². The highest BCUT2D eigenvalue weighted by molar-refractivity contribution is 7.98. The van der Waals surface area contributed by atoms with Crippen LogP contribution in [0.4, 0.5) is 4.39 Å². The molecule has 0 aliphatic carbocycles. The molecular weight excluding hydrogens is 287 g/mol. The number of nitriles is 1. The lowest BCUT2D eigenvalue weighted by Crippen LogP contribution is -2.02. The maximum atomic E-state index is 13.9. The number of aryl methyl sites for hydroxylation is 1. The van der Waals surface area contributed by atoms with E-state index in [4.69, 9.17) is 5.26 Å². The number of nitrogens with zero attached hydrogens (tertiary/aromatic N) is 4. The van der Waals surface area contributed by atoms with Crippen molar-refractivity contribution in [2.24, 2.45) is 0 Å². The van der Waals surface area contributed by atoms with Crippen LogP contribution in [0.1, 0.15) is 36.2 Å². The quantitative estimate of drug-likeness (QED) is 0.816. The number of thioether (sulfide) groups is 1. The summed E-state index contributed by atoms with van der Waals surface area (Å²) < 4.78 is 16.0.